The van der Waals surface area contributed by atoms with Crippen molar-refractivity contribution < 1.29 is 9.15 Å². The summed E-state index contributed by atoms with van der Waals surface area (Å²) in [5.41, 5.74) is 10.0. The molecular formula is C18H19NO2. The van der Waals surface area contributed by atoms with Gasteiger partial charge in [0.25, 0.3) is 0 Å². The van der Waals surface area contributed by atoms with Crippen LogP contribution in [0.2, 0.25) is 0 Å². The van der Waals surface area contributed by atoms with Gasteiger partial charge in [0.05, 0.1) is 6.54 Å². The largest absolute Gasteiger partial charge is 0.488 e. The van der Waals surface area contributed by atoms with Crippen molar-refractivity contribution in [1.82, 2.24) is 0 Å². The second kappa shape index (κ2) is 5.62. The van der Waals surface area contributed by atoms with Crippen LogP contribution in [0.1, 0.15) is 22.5 Å². The zero-order valence-corrected chi connectivity index (χ0v) is 12.3. The highest BCUT2D eigenvalue weighted by Gasteiger charge is 2.13. The van der Waals surface area contributed by atoms with Crippen LogP contribution in [0.5, 0.6) is 5.75 Å². The first-order valence-corrected chi connectivity index (χ1v) is 7.08. The number of hydrogen-bond donors (Lipinski definition) is 1. The molecule has 1 heterocycles. The summed E-state index contributed by atoms with van der Waals surface area (Å²) >= 11 is 0. The first-order chi connectivity index (χ1) is 10.2. The van der Waals surface area contributed by atoms with E-state index in [9.17, 15) is 0 Å². The highest BCUT2D eigenvalue weighted by atomic mass is 16.5. The molecule has 2 aromatic carbocycles. The summed E-state index contributed by atoms with van der Waals surface area (Å²) in [6.07, 6.45) is 0. The Morgan fingerprint density at radius 3 is 2.67 bits per heavy atom. The summed E-state index contributed by atoms with van der Waals surface area (Å²) in [4.78, 5) is 0. The lowest BCUT2D eigenvalue weighted by molar-refractivity contribution is 0.301. The van der Waals surface area contributed by atoms with Gasteiger partial charge < -0.3 is 14.9 Å². The molecule has 0 fully saturated rings. The molecule has 3 heteroatoms. The summed E-state index contributed by atoms with van der Waals surface area (Å²) < 4.78 is 11.8. The molecule has 0 aliphatic rings. The number of aryl methyl sites for hydroxylation is 2. The van der Waals surface area contributed by atoms with Crippen LogP contribution < -0.4 is 10.5 Å². The first kappa shape index (κ1) is 13.7. The molecule has 2 N–H and O–H groups in total. The van der Waals surface area contributed by atoms with Gasteiger partial charge in [0.2, 0.25) is 0 Å². The van der Waals surface area contributed by atoms with Crippen LogP contribution in [0.4, 0.5) is 0 Å². The van der Waals surface area contributed by atoms with Crippen LogP contribution in [0.25, 0.3) is 11.0 Å². The summed E-state index contributed by atoms with van der Waals surface area (Å²) in [6, 6.07) is 14.1. The molecule has 1 aromatic heterocycles. The molecule has 0 amide bonds. The Kier molecular flexibility index (Phi) is 3.67. The number of furan rings is 1. The lowest BCUT2D eigenvalue weighted by Crippen LogP contribution is -2.03. The quantitative estimate of drug-likeness (QED) is 0.783. The van der Waals surface area contributed by atoms with Crippen molar-refractivity contribution >= 4 is 11.0 Å². The van der Waals surface area contributed by atoms with Crippen LogP contribution in [0.3, 0.4) is 0 Å². The number of rotatable bonds is 4. The van der Waals surface area contributed by atoms with E-state index in [1.165, 1.54) is 5.56 Å². The van der Waals surface area contributed by atoms with Crippen LogP contribution >= 0.6 is 0 Å². The minimum atomic E-state index is 0.375. The fourth-order valence-electron chi connectivity index (χ4n) is 2.58. The number of fused-ring (bicyclic) bond motifs is 1. The maximum absolute atomic E-state index is 5.97. The summed E-state index contributed by atoms with van der Waals surface area (Å²) in [7, 11) is 0. The van der Waals surface area contributed by atoms with Gasteiger partial charge in [-0.15, -0.1) is 0 Å². The van der Waals surface area contributed by atoms with Gasteiger partial charge in [0.15, 0.2) is 0 Å². The van der Waals surface area contributed by atoms with Crippen molar-refractivity contribution in [2.45, 2.75) is 27.0 Å². The van der Waals surface area contributed by atoms with Gasteiger partial charge in [0, 0.05) is 10.9 Å². The fraction of sp³-hybridized carbons (Fsp3) is 0.222. The minimum Gasteiger partial charge on any atom is -0.488 e. The third-order valence-electron chi connectivity index (χ3n) is 3.67. The molecule has 0 bridgehead atoms. The van der Waals surface area contributed by atoms with Gasteiger partial charge in [-0.2, -0.15) is 0 Å². The van der Waals surface area contributed by atoms with Crippen molar-refractivity contribution in [3.8, 4) is 5.75 Å². The Hall–Kier alpha value is -2.26. The molecule has 0 unspecified atom stereocenters. The van der Waals surface area contributed by atoms with Crippen LogP contribution in [0, 0.1) is 13.8 Å². The van der Waals surface area contributed by atoms with Gasteiger partial charge in [-0.3, -0.25) is 0 Å². The molecular weight excluding hydrogens is 262 g/mol. The van der Waals surface area contributed by atoms with Gasteiger partial charge in [0.1, 0.15) is 23.7 Å². The average Bonchev–Trinajstić information content (AvgIpc) is 2.84. The maximum atomic E-state index is 5.97. The number of hydrogen-bond acceptors (Lipinski definition) is 3. The highest BCUT2D eigenvalue weighted by Crippen LogP contribution is 2.28. The van der Waals surface area contributed by atoms with Crippen molar-refractivity contribution in [1.29, 1.82) is 0 Å². The van der Waals surface area contributed by atoms with Gasteiger partial charge in [-0.25, -0.2) is 0 Å². The van der Waals surface area contributed by atoms with E-state index < -0.39 is 0 Å². The normalized spacial score (nSPS) is 11.0. The molecule has 3 aromatic rings. The second-order valence-corrected chi connectivity index (χ2v) is 5.26. The molecule has 3 rings (SSSR count). The van der Waals surface area contributed by atoms with E-state index in [1.54, 1.807) is 0 Å². The topological polar surface area (TPSA) is 48.4 Å². The van der Waals surface area contributed by atoms with E-state index in [0.717, 1.165) is 33.6 Å². The SMILES string of the molecule is Cc1ccc(OCc2c(CN)oc3ccccc23)c(C)c1. The van der Waals surface area contributed by atoms with Gasteiger partial charge in [-0.1, -0.05) is 35.9 Å². The Morgan fingerprint density at radius 1 is 1.10 bits per heavy atom. The van der Waals surface area contributed by atoms with Gasteiger partial charge >= 0.3 is 0 Å². The Balaban J connectivity index is 1.91. The third-order valence-corrected chi connectivity index (χ3v) is 3.67. The smallest absolute Gasteiger partial charge is 0.134 e. The minimum absolute atomic E-state index is 0.375. The predicted octanol–water partition coefficient (Wildman–Crippen LogP) is 4.09. The molecule has 0 spiro atoms. The molecule has 3 nitrogen and oxygen atoms in total. The van der Waals surface area contributed by atoms with Crippen molar-refractivity contribution in [3.05, 3.63) is 64.9 Å². The fourth-order valence-corrected chi connectivity index (χ4v) is 2.58. The standard InChI is InChI=1S/C18H19NO2/c1-12-7-8-16(13(2)9-12)20-11-15-14-5-3-4-6-17(14)21-18(15)10-19/h3-9H,10-11,19H2,1-2H3. The van der Waals surface area contributed by atoms with Crippen molar-refractivity contribution in [2.24, 2.45) is 5.73 Å². The molecule has 0 saturated heterocycles. The zero-order chi connectivity index (χ0) is 14.8. The van der Waals surface area contributed by atoms with Crippen molar-refractivity contribution in [2.75, 3.05) is 0 Å². The van der Waals surface area contributed by atoms with Crippen molar-refractivity contribution in [3.63, 3.8) is 0 Å². The number of nitrogens with two attached hydrogens (primary N) is 1. The maximum Gasteiger partial charge on any atom is 0.134 e. The van der Waals surface area contributed by atoms with Crippen LogP contribution in [-0.2, 0) is 13.2 Å². The van der Waals surface area contributed by atoms with E-state index in [4.69, 9.17) is 14.9 Å². The van der Waals surface area contributed by atoms with E-state index in [1.807, 2.05) is 30.3 Å². The Morgan fingerprint density at radius 2 is 1.90 bits per heavy atom. The van der Waals surface area contributed by atoms with E-state index in [2.05, 4.69) is 26.0 Å². The van der Waals surface area contributed by atoms with Gasteiger partial charge in [-0.05, 0) is 31.5 Å². The Bertz CT molecular complexity index is 774. The molecule has 0 aliphatic carbocycles. The molecule has 108 valence electrons. The third kappa shape index (κ3) is 2.65. The lowest BCUT2D eigenvalue weighted by atomic mass is 10.1. The molecule has 0 atom stereocenters. The lowest BCUT2D eigenvalue weighted by Gasteiger charge is -2.10. The molecule has 0 aliphatic heterocycles. The second-order valence-electron chi connectivity index (χ2n) is 5.26. The van der Waals surface area contributed by atoms with E-state index >= 15 is 0 Å². The summed E-state index contributed by atoms with van der Waals surface area (Å²) in [6.45, 7) is 4.97. The average molecular weight is 281 g/mol. The summed E-state index contributed by atoms with van der Waals surface area (Å²) in [5, 5.41) is 1.07. The number of para-hydroxylation sites is 1. The van der Waals surface area contributed by atoms with E-state index in [-0.39, 0.29) is 0 Å². The summed E-state index contributed by atoms with van der Waals surface area (Å²) in [5.74, 6) is 1.69. The highest BCUT2D eigenvalue weighted by molar-refractivity contribution is 5.82. The van der Waals surface area contributed by atoms with Crippen LogP contribution in [-0.4, -0.2) is 0 Å². The molecule has 0 saturated carbocycles. The van der Waals surface area contributed by atoms with E-state index in [0.29, 0.717) is 13.2 Å². The zero-order valence-electron chi connectivity index (χ0n) is 12.3. The van der Waals surface area contributed by atoms with Crippen LogP contribution in [0.15, 0.2) is 46.9 Å². The number of ether oxygens (including phenoxy) is 1. The molecule has 21 heavy (non-hydrogen) atoms. The molecule has 0 radical (unpaired) electrons. The first-order valence-electron chi connectivity index (χ1n) is 7.08. The monoisotopic (exact) mass is 281 g/mol. The number of benzene rings is 2. The predicted molar refractivity (Wildman–Crippen MR) is 84.4 cm³/mol. The Labute approximate surface area is 124 Å².